The van der Waals surface area contributed by atoms with Crippen LogP contribution in [0.15, 0.2) is 6.07 Å². The van der Waals surface area contributed by atoms with Gasteiger partial charge in [-0.25, -0.2) is 9.97 Å². The standard InChI is InChI=1S/C13H22N4O2/c1-9-8-10(11(18)14-6-7-19-5)16-12(15-9)17-13(2,3)4/h8H,6-7H2,1-5H3,(H,14,18)(H,15,16,17). The molecular formula is C13H22N4O2. The first-order valence-corrected chi connectivity index (χ1v) is 6.23. The molecule has 106 valence electrons. The molecule has 0 spiro atoms. The number of methoxy groups -OCH3 is 1. The maximum atomic E-state index is 11.9. The number of hydrogen-bond acceptors (Lipinski definition) is 5. The maximum Gasteiger partial charge on any atom is 0.270 e. The number of ether oxygens (including phenoxy) is 1. The Morgan fingerprint density at radius 3 is 2.63 bits per heavy atom. The van der Waals surface area contributed by atoms with Gasteiger partial charge in [0, 0.05) is 24.9 Å². The highest BCUT2D eigenvalue weighted by molar-refractivity contribution is 5.92. The zero-order valence-corrected chi connectivity index (χ0v) is 12.2. The van der Waals surface area contributed by atoms with Crippen molar-refractivity contribution in [3.8, 4) is 0 Å². The molecular weight excluding hydrogens is 244 g/mol. The van der Waals surface area contributed by atoms with Crippen LogP contribution in [0.25, 0.3) is 0 Å². The van der Waals surface area contributed by atoms with E-state index in [1.165, 1.54) is 0 Å². The predicted octanol–water partition coefficient (Wildman–Crippen LogP) is 1.37. The molecule has 6 nitrogen and oxygen atoms in total. The van der Waals surface area contributed by atoms with E-state index in [0.29, 0.717) is 24.8 Å². The smallest absolute Gasteiger partial charge is 0.270 e. The van der Waals surface area contributed by atoms with Crippen LogP contribution >= 0.6 is 0 Å². The minimum atomic E-state index is -0.223. The van der Waals surface area contributed by atoms with Gasteiger partial charge in [-0.2, -0.15) is 0 Å². The number of amides is 1. The summed E-state index contributed by atoms with van der Waals surface area (Å²) < 4.78 is 4.88. The van der Waals surface area contributed by atoms with Gasteiger partial charge in [0.2, 0.25) is 5.95 Å². The van der Waals surface area contributed by atoms with Crippen LogP contribution in [-0.2, 0) is 4.74 Å². The Morgan fingerprint density at radius 2 is 2.05 bits per heavy atom. The van der Waals surface area contributed by atoms with Crippen molar-refractivity contribution in [1.82, 2.24) is 15.3 Å². The largest absolute Gasteiger partial charge is 0.383 e. The molecule has 0 fully saturated rings. The van der Waals surface area contributed by atoms with E-state index in [1.54, 1.807) is 13.2 Å². The summed E-state index contributed by atoms with van der Waals surface area (Å²) >= 11 is 0. The first kappa shape index (κ1) is 15.4. The van der Waals surface area contributed by atoms with Gasteiger partial charge >= 0.3 is 0 Å². The summed E-state index contributed by atoms with van der Waals surface area (Å²) in [6.07, 6.45) is 0. The number of carbonyl (C=O) groups is 1. The summed E-state index contributed by atoms with van der Waals surface area (Å²) in [5, 5.41) is 5.89. The van der Waals surface area contributed by atoms with Crippen LogP contribution in [0.5, 0.6) is 0 Å². The lowest BCUT2D eigenvalue weighted by molar-refractivity contribution is 0.0932. The SMILES string of the molecule is COCCNC(=O)c1cc(C)nc(NC(C)(C)C)n1. The second-order valence-electron chi connectivity index (χ2n) is 5.34. The Balaban J connectivity index is 2.81. The van der Waals surface area contributed by atoms with E-state index < -0.39 is 0 Å². The summed E-state index contributed by atoms with van der Waals surface area (Å²) in [5.74, 6) is 0.240. The number of aromatic nitrogens is 2. The van der Waals surface area contributed by atoms with Gasteiger partial charge in [-0.1, -0.05) is 0 Å². The van der Waals surface area contributed by atoms with Gasteiger partial charge in [0.25, 0.3) is 5.91 Å². The van der Waals surface area contributed by atoms with E-state index in [0.717, 1.165) is 5.69 Å². The Labute approximate surface area is 114 Å². The zero-order valence-electron chi connectivity index (χ0n) is 12.2. The highest BCUT2D eigenvalue weighted by Crippen LogP contribution is 2.11. The Hall–Kier alpha value is -1.69. The molecule has 1 aromatic rings. The topological polar surface area (TPSA) is 76.1 Å². The van der Waals surface area contributed by atoms with E-state index >= 15 is 0 Å². The van der Waals surface area contributed by atoms with Gasteiger partial charge in [0.15, 0.2) is 0 Å². The molecule has 0 aliphatic carbocycles. The van der Waals surface area contributed by atoms with Crippen molar-refractivity contribution < 1.29 is 9.53 Å². The minimum absolute atomic E-state index is 0.155. The highest BCUT2D eigenvalue weighted by Gasteiger charge is 2.14. The lowest BCUT2D eigenvalue weighted by Crippen LogP contribution is -2.30. The molecule has 1 amide bonds. The third-order valence-electron chi connectivity index (χ3n) is 2.17. The predicted molar refractivity (Wildman–Crippen MR) is 74.4 cm³/mol. The van der Waals surface area contributed by atoms with Crippen molar-refractivity contribution in [3.05, 3.63) is 17.5 Å². The van der Waals surface area contributed by atoms with Crippen molar-refractivity contribution in [2.24, 2.45) is 0 Å². The molecule has 0 unspecified atom stereocenters. The fourth-order valence-corrected chi connectivity index (χ4v) is 1.43. The van der Waals surface area contributed by atoms with Crippen LogP contribution in [0.1, 0.15) is 37.0 Å². The molecule has 1 rings (SSSR count). The van der Waals surface area contributed by atoms with Gasteiger partial charge in [-0.3, -0.25) is 4.79 Å². The molecule has 1 aromatic heterocycles. The van der Waals surface area contributed by atoms with Crippen LogP contribution in [0, 0.1) is 6.92 Å². The van der Waals surface area contributed by atoms with E-state index in [4.69, 9.17) is 4.74 Å². The summed E-state index contributed by atoms with van der Waals surface area (Å²) in [6.45, 7) is 8.80. The number of hydrogen-bond donors (Lipinski definition) is 2. The van der Waals surface area contributed by atoms with Gasteiger partial charge in [-0.05, 0) is 33.8 Å². The Kier molecular flexibility index (Phi) is 5.23. The van der Waals surface area contributed by atoms with Crippen LogP contribution in [0.2, 0.25) is 0 Å². The summed E-state index contributed by atoms with van der Waals surface area (Å²) in [7, 11) is 1.59. The fourth-order valence-electron chi connectivity index (χ4n) is 1.43. The van der Waals surface area contributed by atoms with E-state index in [2.05, 4.69) is 20.6 Å². The third-order valence-corrected chi connectivity index (χ3v) is 2.17. The Bertz CT molecular complexity index is 441. The van der Waals surface area contributed by atoms with Crippen LogP contribution < -0.4 is 10.6 Å². The minimum Gasteiger partial charge on any atom is -0.383 e. The van der Waals surface area contributed by atoms with Gasteiger partial charge < -0.3 is 15.4 Å². The number of nitrogens with zero attached hydrogens (tertiary/aromatic N) is 2. The maximum absolute atomic E-state index is 11.9. The van der Waals surface area contributed by atoms with E-state index in [1.807, 2.05) is 27.7 Å². The molecule has 0 bridgehead atoms. The molecule has 1 heterocycles. The number of anilines is 1. The van der Waals surface area contributed by atoms with Crippen molar-refractivity contribution in [2.75, 3.05) is 25.6 Å². The van der Waals surface area contributed by atoms with Crippen molar-refractivity contribution in [1.29, 1.82) is 0 Å². The molecule has 2 N–H and O–H groups in total. The average molecular weight is 266 g/mol. The van der Waals surface area contributed by atoms with Crippen LogP contribution in [0.4, 0.5) is 5.95 Å². The summed E-state index contributed by atoms with van der Waals surface area (Å²) in [4.78, 5) is 20.4. The zero-order chi connectivity index (χ0) is 14.5. The molecule has 19 heavy (non-hydrogen) atoms. The number of nitrogens with one attached hydrogen (secondary N) is 2. The molecule has 0 radical (unpaired) electrons. The van der Waals surface area contributed by atoms with Gasteiger partial charge in [0.05, 0.1) is 6.61 Å². The second kappa shape index (κ2) is 6.47. The van der Waals surface area contributed by atoms with Crippen LogP contribution in [0.3, 0.4) is 0 Å². The lowest BCUT2D eigenvalue weighted by atomic mass is 10.1. The molecule has 0 aliphatic rings. The molecule has 0 saturated carbocycles. The Morgan fingerprint density at radius 1 is 1.37 bits per heavy atom. The van der Waals surface area contributed by atoms with Gasteiger partial charge in [0.1, 0.15) is 5.69 Å². The monoisotopic (exact) mass is 266 g/mol. The lowest BCUT2D eigenvalue weighted by Gasteiger charge is -2.20. The third kappa shape index (κ3) is 5.65. The highest BCUT2D eigenvalue weighted by atomic mass is 16.5. The van der Waals surface area contributed by atoms with Crippen molar-refractivity contribution >= 4 is 11.9 Å². The summed E-state index contributed by atoms with van der Waals surface area (Å²) in [6, 6.07) is 1.66. The summed E-state index contributed by atoms with van der Waals surface area (Å²) in [5.41, 5.74) is 0.950. The number of carbonyl (C=O) groups excluding carboxylic acids is 1. The normalized spacial score (nSPS) is 11.2. The van der Waals surface area contributed by atoms with Crippen LogP contribution in [-0.4, -0.2) is 41.7 Å². The molecule has 6 heteroatoms. The molecule has 0 aliphatic heterocycles. The van der Waals surface area contributed by atoms with E-state index in [9.17, 15) is 4.79 Å². The van der Waals surface area contributed by atoms with E-state index in [-0.39, 0.29) is 11.4 Å². The second-order valence-corrected chi connectivity index (χ2v) is 5.34. The molecule has 0 saturated heterocycles. The average Bonchev–Trinajstić information content (AvgIpc) is 2.26. The van der Waals surface area contributed by atoms with Crippen molar-refractivity contribution in [3.63, 3.8) is 0 Å². The van der Waals surface area contributed by atoms with Crippen molar-refractivity contribution in [2.45, 2.75) is 33.2 Å². The molecule has 0 aromatic carbocycles. The number of rotatable bonds is 5. The quantitative estimate of drug-likeness (QED) is 0.787. The number of aryl methyl sites for hydroxylation is 1. The van der Waals surface area contributed by atoms with Gasteiger partial charge in [-0.15, -0.1) is 0 Å². The fraction of sp³-hybridized carbons (Fsp3) is 0.615. The first-order valence-electron chi connectivity index (χ1n) is 6.23. The molecule has 0 atom stereocenters. The first-order chi connectivity index (χ1) is 8.81.